The molecule has 1 aliphatic rings. The number of nitrogens with one attached hydrogen (secondary N) is 2. The predicted molar refractivity (Wildman–Crippen MR) is 65.3 cm³/mol. The molecule has 2 atom stereocenters. The lowest BCUT2D eigenvalue weighted by molar-refractivity contribution is 0.217. The van der Waals surface area contributed by atoms with Crippen LogP contribution in [0.2, 0.25) is 0 Å². The van der Waals surface area contributed by atoms with Crippen LogP contribution in [0.4, 0.5) is 4.79 Å². The van der Waals surface area contributed by atoms with E-state index >= 15 is 0 Å². The smallest absolute Gasteiger partial charge is 0.316 e. The fourth-order valence-electron chi connectivity index (χ4n) is 2.02. The van der Waals surface area contributed by atoms with Crippen molar-refractivity contribution in [3.8, 4) is 0 Å². The molecule has 5 nitrogen and oxygen atoms in total. The predicted octanol–water partition coefficient (Wildman–Crippen LogP) is 0.117. The van der Waals surface area contributed by atoms with Crippen molar-refractivity contribution >= 4 is 6.03 Å². The summed E-state index contributed by atoms with van der Waals surface area (Å²) < 4.78 is 0. The van der Waals surface area contributed by atoms with Gasteiger partial charge in [0.2, 0.25) is 0 Å². The second kappa shape index (κ2) is 6.70. The van der Waals surface area contributed by atoms with Gasteiger partial charge in [0, 0.05) is 39.3 Å². The molecule has 94 valence electrons. The Bertz CT molecular complexity index is 220. The van der Waals surface area contributed by atoms with E-state index in [0.717, 1.165) is 19.4 Å². The summed E-state index contributed by atoms with van der Waals surface area (Å²) in [5.74, 6) is 0. The SMILES string of the molecule is CN(C)C(=O)NCCNC1CCCC(N)C1. The Morgan fingerprint density at radius 1 is 1.38 bits per heavy atom. The van der Waals surface area contributed by atoms with E-state index in [1.807, 2.05) is 0 Å². The first-order valence-corrected chi connectivity index (χ1v) is 6.03. The number of rotatable bonds is 4. The molecule has 16 heavy (non-hydrogen) atoms. The van der Waals surface area contributed by atoms with E-state index in [4.69, 9.17) is 5.73 Å². The van der Waals surface area contributed by atoms with E-state index < -0.39 is 0 Å². The zero-order chi connectivity index (χ0) is 12.0. The number of nitrogens with two attached hydrogens (primary N) is 1. The molecule has 4 N–H and O–H groups in total. The van der Waals surface area contributed by atoms with E-state index in [1.54, 1.807) is 14.1 Å². The third kappa shape index (κ3) is 4.81. The summed E-state index contributed by atoms with van der Waals surface area (Å²) in [5, 5.41) is 6.26. The van der Waals surface area contributed by atoms with Crippen LogP contribution < -0.4 is 16.4 Å². The first-order valence-electron chi connectivity index (χ1n) is 6.03. The molecule has 2 unspecified atom stereocenters. The first-order chi connectivity index (χ1) is 7.59. The molecule has 0 bridgehead atoms. The maximum Gasteiger partial charge on any atom is 0.316 e. The van der Waals surface area contributed by atoms with Gasteiger partial charge in [-0.3, -0.25) is 0 Å². The van der Waals surface area contributed by atoms with Gasteiger partial charge in [-0.05, 0) is 19.3 Å². The minimum absolute atomic E-state index is 0.0397. The Balaban J connectivity index is 2.04. The largest absolute Gasteiger partial charge is 0.337 e. The van der Waals surface area contributed by atoms with Crippen LogP contribution in [0.5, 0.6) is 0 Å². The summed E-state index contributed by atoms with van der Waals surface area (Å²) in [7, 11) is 3.48. The number of hydrogen-bond donors (Lipinski definition) is 3. The molecule has 1 aliphatic carbocycles. The van der Waals surface area contributed by atoms with E-state index in [9.17, 15) is 4.79 Å². The highest BCUT2D eigenvalue weighted by molar-refractivity contribution is 5.73. The van der Waals surface area contributed by atoms with E-state index in [-0.39, 0.29) is 6.03 Å². The van der Waals surface area contributed by atoms with Crippen molar-refractivity contribution in [3.05, 3.63) is 0 Å². The quantitative estimate of drug-likeness (QED) is 0.598. The Hall–Kier alpha value is -0.810. The highest BCUT2D eigenvalue weighted by Crippen LogP contribution is 2.16. The fourth-order valence-corrected chi connectivity index (χ4v) is 2.02. The van der Waals surface area contributed by atoms with Gasteiger partial charge in [-0.15, -0.1) is 0 Å². The minimum atomic E-state index is -0.0397. The zero-order valence-electron chi connectivity index (χ0n) is 10.3. The van der Waals surface area contributed by atoms with Crippen LogP contribution in [0.3, 0.4) is 0 Å². The Labute approximate surface area is 97.7 Å². The number of carbonyl (C=O) groups is 1. The molecule has 0 aromatic rings. The average molecular weight is 228 g/mol. The molecule has 2 amide bonds. The molecule has 0 aromatic heterocycles. The molecule has 0 spiro atoms. The third-order valence-electron chi connectivity index (χ3n) is 2.96. The second-order valence-corrected chi connectivity index (χ2v) is 4.70. The second-order valence-electron chi connectivity index (χ2n) is 4.70. The molecule has 5 heteroatoms. The van der Waals surface area contributed by atoms with Gasteiger partial charge in [-0.2, -0.15) is 0 Å². The van der Waals surface area contributed by atoms with Gasteiger partial charge in [0.1, 0.15) is 0 Å². The number of amides is 2. The number of urea groups is 1. The third-order valence-corrected chi connectivity index (χ3v) is 2.96. The van der Waals surface area contributed by atoms with Gasteiger partial charge in [-0.1, -0.05) is 6.42 Å². The molecule has 0 aliphatic heterocycles. The van der Waals surface area contributed by atoms with Crippen molar-refractivity contribution in [3.63, 3.8) is 0 Å². The van der Waals surface area contributed by atoms with Crippen LogP contribution in [0, 0.1) is 0 Å². The lowest BCUT2D eigenvalue weighted by atomic mass is 9.92. The number of hydrogen-bond acceptors (Lipinski definition) is 3. The Morgan fingerprint density at radius 3 is 2.75 bits per heavy atom. The number of carbonyl (C=O) groups excluding carboxylic acids is 1. The van der Waals surface area contributed by atoms with Crippen molar-refractivity contribution in [1.29, 1.82) is 0 Å². The van der Waals surface area contributed by atoms with Crippen molar-refractivity contribution in [1.82, 2.24) is 15.5 Å². The Kier molecular flexibility index (Phi) is 5.55. The van der Waals surface area contributed by atoms with Crippen LogP contribution in [0.25, 0.3) is 0 Å². The molecule has 0 aromatic carbocycles. The fraction of sp³-hybridized carbons (Fsp3) is 0.909. The molecule has 0 radical (unpaired) electrons. The lowest BCUT2D eigenvalue weighted by Crippen LogP contribution is -2.43. The zero-order valence-corrected chi connectivity index (χ0v) is 10.3. The molecular weight excluding hydrogens is 204 g/mol. The maximum absolute atomic E-state index is 11.2. The Morgan fingerprint density at radius 2 is 2.12 bits per heavy atom. The summed E-state index contributed by atoms with van der Waals surface area (Å²) in [6.07, 6.45) is 4.62. The molecule has 1 saturated carbocycles. The monoisotopic (exact) mass is 228 g/mol. The van der Waals surface area contributed by atoms with Gasteiger partial charge in [0.25, 0.3) is 0 Å². The summed E-state index contributed by atoms with van der Waals surface area (Å²) in [4.78, 5) is 12.8. The maximum atomic E-state index is 11.2. The molecule has 1 rings (SSSR count). The lowest BCUT2D eigenvalue weighted by Gasteiger charge is -2.27. The standard InChI is InChI=1S/C11H24N4O/c1-15(2)11(16)14-7-6-13-10-5-3-4-9(12)8-10/h9-10,13H,3-8,12H2,1-2H3,(H,14,16). The van der Waals surface area contributed by atoms with Crippen LogP contribution in [-0.4, -0.2) is 50.2 Å². The highest BCUT2D eigenvalue weighted by atomic mass is 16.2. The van der Waals surface area contributed by atoms with Gasteiger partial charge in [0.05, 0.1) is 0 Å². The number of nitrogens with zero attached hydrogens (tertiary/aromatic N) is 1. The van der Waals surface area contributed by atoms with Gasteiger partial charge >= 0.3 is 6.03 Å². The molecule has 1 fully saturated rings. The van der Waals surface area contributed by atoms with Crippen LogP contribution in [-0.2, 0) is 0 Å². The van der Waals surface area contributed by atoms with Crippen LogP contribution >= 0.6 is 0 Å². The summed E-state index contributed by atoms with van der Waals surface area (Å²) in [6.45, 7) is 1.49. The average Bonchev–Trinajstić information content (AvgIpc) is 2.24. The summed E-state index contributed by atoms with van der Waals surface area (Å²) in [5.41, 5.74) is 5.90. The van der Waals surface area contributed by atoms with Crippen molar-refractivity contribution in [2.75, 3.05) is 27.2 Å². The van der Waals surface area contributed by atoms with Crippen molar-refractivity contribution < 1.29 is 4.79 Å². The topological polar surface area (TPSA) is 70.4 Å². The highest BCUT2D eigenvalue weighted by Gasteiger charge is 2.18. The van der Waals surface area contributed by atoms with E-state index in [0.29, 0.717) is 18.6 Å². The van der Waals surface area contributed by atoms with Crippen molar-refractivity contribution in [2.45, 2.75) is 37.8 Å². The summed E-state index contributed by atoms with van der Waals surface area (Å²) in [6, 6.07) is 0.838. The van der Waals surface area contributed by atoms with Gasteiger partial charge < -0.3 is 21.3 Å². The molecular formula is C11H24N4O. The normalized spacial score (nSPS) is 25.2. The van der Waals surface area contributed by atoms with Crippen LogP contribution in [0.1, 0.15) is 25.7 Å². The molecule has 0 heterocycles. The minimum Gasteiger partial charge on any atom is -0.337 e. The van der Waals surface area contributed by atoms with E-state index in [2.05, 4.69) is 10.6 Å². The molecule has 0 saturated heterocycles. The van der Waals surface area contributed by atoms with Gasteiger partial charge in [0.15, 0.2) is 0 Å². The van der Waals surface area contributed by atoms with E-state index in [1.165, 1.54) is 17.7 Å². The van der Waals surface area contributed by atoms with Crippen molar-refractivity contribution in [2.24, 2.45) is 5.73 Å². The van der Waals surface area contributed by atoms with Gasteiger partial charge in [-0.25, -0.2) is 4.79 Å². The summed E-state index contributed by atoms with van der Waals surface area (Å²) >= 11 is 0. The first kappa shape index (κ1) is 13.3. The van der Waals surface area contributed by atoms with Crippen LogP contribution in [0.15, 0.2) is 0 Å².